The molecule has 38 heavy (non-hydrogen) atoms. The normalized spacial score (nSPS) is 11.3. The third-order valence-electron chi connectivity index (χ3n) is 4.35. The molecule has 0 spiro atoms. The van der Waals surface area contributed by atoms with Gasteiger partial charge in [-0.2, -0.15) is 8.42 Å². The van der Waals surface area contributed by atoms with Gasteiger partial charge in [0.1, 0.15) is 18.0 Å². The van der Waals surface area contributed by atoms with Gasteiger partial charge in [0.25, 0.3) is 0 Å². The predicted molar refractivity (Wildman–Crippen MR) is 132 cm³/mol. The van der Waals surface area contributed by atoms with E-state index in [1.165, 1.54) is 19.2 Å². The molecule has 13 nitrogen and oxygen atoms in total. The SMILES string of the molecule is CC(C)(CCNC(=O)O)COS(=O)(=O)O.COC(=O)COCCc1cc(C(=O)OC(C)(C)C)ccc1O.[Fm]. The second kappa shape index (κ2) is 16.0. The zero-order valence-corrected chi connectivity index (χ0v) is 25.4. The number of methoxy groups -OCH3 is 1. The summed E-state index contributed by atoms with van der Waals surface area (Å²) < 4.78 is 48.0. The third-order valence-corrected chi connectivity index (χ3v) is 4.77. The van der Waals surface area contributed by atoms with Crippen LogP contribution in [0.2, 0.25) is 0 Å². The zero-order chi connectivity index (χ0) is 28.9. The van der Waals surface area contributed by atoms with Gasteiger partial charge < -0.3 is 29.7 Å². The fourth-order valence-electron chi connectivity index (χ4n) is 2.46. The van der Waals surface area contributed by atoms with Crippen LogP contribution in [0.1, 0.15) is 57.0 Å². The van der Waals surface area contributed by atoms with Crippen LogP contribution in [0.25, 0.3) is 0 Å². The van der Waals surface area contributed by atoms with Gasteiger partial charge in [0.15, 0.2) is 0 Å². The van der Waals surface area contributed by atoms with Crippen LogP contribution in [0.3, 0.4) is 0 Å². The molecule has 15 heteroatoms. The maximum atomic E-state index is 12.0. The maximum absolute atomic E-state index is 12.0. The maximum Gasteiger partial charge on any atom is 0.404 e. The van der Waals surface area contributed by atoms with Crippen molar-refractivity contribution in [3.05, 3.63) is 29.3 Å². The predicted octanol–water partition coefficient (Wildman–Crippen LogP) is 2.57. The number of nitrogens with one attached hydrogen (secondary N) is 1. The van der Waals surface area contributed by atoms with Crippen LogP contribution in [-0.2, 0) is 40.0 Å². The number of esters is 2. The molecule has 0 aliphatic rings. The van der Waals surface area contributed by atoms with Crippen LogP contribution < -0.4 is 5.32 Å². The third kappa shape index (κ3) is 18.3. The van der Waals surface area contributed by atoms with Crippen molar-refractivity contribution in [1.29, 1.82) is 0 Å². The summed E-state index contributed by atoms with van der Waals surface area (Å²) in [6.07, 6.45) is -0.379. The minimum atomic E-state index is -4.44. The summed E-state index contributed by atoms with van der Waals surface area (Å²) in [6, 6.07) is 4.50. The summed E-state index contributed by atoms with van der Waals surface area (Å²) in [5.41, 5.74) is -0.222. The van der Waals surface area contributed by atoms with Gasteiger partial charge in [-0.15, -0.1) is 0 Å². The van der Waals surface area contributed by atoms with E-state index in [-0.39, 0.29) is 32.1 Å². The minimum Gasteiger partial charge on any atom is -0.508 e. The number of hydrogen-bond acceptors (Lipinski definition) is 10. The number of phenols is 1. The Labute approximate surface area is 217 Å². The number of rotatable bonds is 12. The summed E-state index contributed by atoms with van der Waals surface area (Å²) in [5.74, 6) is -0.857. The summed E-state index contributed by atoms with van der Waals surface area (Å²) in [6.45, 7) is 8.81. The first-order chi connectivity index (χ1) is 16.8. The van der Waals surface area contributed by atoms with E-state index in [0.717, 1.165) is 0 Å². The van der Waals surface area contributed by atoms with E-state index in [1.54, 1.807) is 40.7 Å². The minimum absolute atomic E-state index is 0. The second-order valence-corrected chi connectivity index (χ2v) is 10.7. The van der Waals surface area contributed by atoms with E-state index in [4.69, 9.17) is 19.1 Å². The molecule has 0 radical (unpaired) electrons. The number of hydrogen-bond donors (Lipinski definition) is 4. The van der Waals surface area contributed by atoms with E-state index in [0.29, 0.717) is 24.0 Å². The molecule has 0 unspecified atom stereocenters. The molecule has 224 valence electrons. The van der Waals surface area contributed by atoms with Crippen LogP contribution >= 0.6 is 0 Å². The summed E-state index contributed by atoms with van der Waals surface area (Å²) in [7, 11) is -3.16. The number of benzene rings is 1. The van der Waals surface area contributed by atoms with Crippen molar-refractivity contribution < 1.29 is 56.0 Å². The van der Waals surface area contributed by atoms with Crippen molar-refractivity contribution in [2.24, 2.45) is 5.41 Å². The van der Waals surface area contributed by atoms with Crippen LogP contribution in [-0.4, -0.2) is 80.3 Å². The molecular formula is C23H37FmNO12S. The molecule has 0 heterocycles. The fourth-order valence-corrected chi connectivity index (χ4v) is 2.93. The van der Waals surface area contributed by atoms with Gasteiger partial charge in [-0.1, -0.05) is 13.8 Å². The number of carbonyl (C=O) groups is 3. The van der Waals surface area contributed by atoms with Gasteiger partial charge >= 0.3 is 28.4 Å². The molecule has 0 saturated carbocycles. The Bertz CT molecular complexity index is 1010. The van der Waals surface area contributed by atoms with E-state index in [2.05, 4.69) is 14.2 Å². The number of carboxylic acid groups (broad SMARTS) is 1. The van der Waals surface area contributed by atoms with Crippen molar-refractivity contribution in [3.8, 4) is 5.75 Å². The number of phenolic OH excluding ortho intramolecular Hbond substituents is 1. The van der Waals surface area contributed by atoms with Crippen molar-refractivity contribution in [2.45, 2.75) is 53.1 Å². The number of amides is 1. The van der Waals surface area contributed by atoms with Crippen molar-refractivity contribution >= 4 is 28.4 Å². The van der Waals surface area contributed by atoms with Crippen molar-refractivity contribution in [1.82, 2.24) is 5.32 Å². The largest absolute Gasteiger partial charge is 0.508 e. The molecule has 1 rings (SSSR count). The fraction of sp³-hybridized carbons (Fsp3) is 0.609. The van der Waals surface area contributed by atoms with Crippen molar-refractivity contribution in [3.63, 3.8) is 0 Å². The van der Waals surface area contributed by atoms with Gasteiger partial charge in [-0.25, -0.2) is 18.6 Å². The molecule has 0 aromatic heterocycles. The number of ether oxygens (including phenoxy) is 3. The Kier molecular flexibility index (Phi) is 15.3. The van der Waals surface area contributed by atoms with Crippen LogP contribution in [0, 0.1) is 5.41 Å². The topological polar surface area (TPSA) is 195 Å². The molecular weight excluding hydrogens is 771 g/mol. The van der Waals surface area contributed by atoms with Crippen LogP contribution in [0.15, 0.2) is 18.2 Å². The van der Waals surface area contributed by atoms with E-state index >= 15 is 0 Å². The van der Waals surface area contributed by atoms with Crippen LogP contribution in [0.4, 0.5) is 4.79 Å². The second-order valence-electron chi connectivity index (χ2n) is 9.56. The molecule has 0 aliphatic carbocycles. The van der Waals surface area contributed by atoms with E-state index < -0.39 is 39.4 Å². The average molecular weight is 809 g/mol. The molecule has 1 amide bonds. The summed E-state index contributed by atoms with van der Waals surface area (Å²) >= 11 is 0. The number of carbonyl (C=O) groups excluding carboxylic acids is 2. The van der Waals surface area contributed by atoms with Crippen molar-refractivity contribution in [2.75, 3.05) is 33.5 Å². The quantitative estimate of drug-likeness (QED) is 0.137. The molecule has 0 atom stereocenters. The van der Waals surface area contributed by atoms with E-state index in [9.17, 15) is 27.9 Å². The molecule has 0 saturated heterocycles. The smallest absolute Gasteiger partial charge is 0.404 e. The Morgan fingerprint density at radius 3 is 2.18 bits per heavy atom. The molecule has 1 aromatic carbocycles. The molecule has 0 aliphatic heterocycles. The Morgan fingerprint density at radius 1 is 1.08 bits per heavy atom. The zero-order valence-electron chi connectivity index (χ0n) is 22.2. The first-order valence-electron chi connectivity index (χ1n) is 11.1. The Balaban J connectivity index is 0. The summed E-state index contributed by atoms with van der Waals surface area (Å²) in [4.78, 5) is 33.0. The standard InChI is InChI=1S/C16H22O6.C7H15NO6S.Fm/c1-16(2,3)22-15(19)12-5-6-13(17)11(9-12)7-8-21-10-14(18)20-4;1-7(2,3-4-8-6(9)10)5-14-15(11,12)13;/h5-6,9,17H,7-8,10H2,1-4H3;8H,3-5H2,1-2H3,(H,9,10)(H,11,12,13);. The molecule has 1 aromatic rings. The van der Waals surface area contributed by atoms with Gasteiger partial charge in [-0.05, 0) is 62.8 Å². The number of aromatic hydroxyl groups is 1. The Hall–Kier alpha value is -3.94. The summed E-state index contributed by atoms with van der Waals surface area (Å²) in [5, 5.41) is 20.2. The molecule has 4 N–H and O–H groups in total. The van der Waals surface area contributed by atoms with Gasteiger partial charge in [-0.3, -0.25) is 4.55 Å². The van der Waals surface area contributed by atoms with Gasteiger partial charge in [0.05, 0.1) is 25.9 Å². The van der Waals surface area contributed by atoms with Gasteiger partial charge in [0.2, 0.25) is 0 Å². The molecule has 0 fully saturated rings. The first-order valence-corrected chi connectivity index (χ1v) is 12.5. The monoisotopic (exact) mass is 808 g/mol. The van der Waals surface area contributed by atoms with Gasteiger partial charge in [0, 0.05) is 6.54 Å². The average Bonchev–Trinajstić information content (AvgIpc) is 2.74. The first kappa shape index (κ1) is 36.2. The van der Waals surface area contributed by atoms with E-state index in [1.807, 2.05) is 0 Å². The Morgan fingerprint density at radius 2 is 1.68 bits per heavy atom. The molecule has 0 bridgehead atoms. The van der Waals surface area contributed by atoms with Crippen LogP contribution in [0.5, 0.6) is 5.75 Å².